The predicted octanol–water partition coefficient (Wildman–Crippen LogP) is 2.34. The molecule has 0 saturated carbocycles. The van der Waals surface area contributed by atoms with E-state index in [2.05, 4.69) is 31.4 Å². The van der Waals surface area contributed by atoms with E-state index in [0.29, 0.717) is 0 Å². The number of nitrogens with one attached hydrogen (secondary N) is 2. The third-order valence-electron chi connectivity index (χ3n) is 2.38. The van der Waals surface area contributed by atoms with Gasteiger partial charge in [0, 0.05) is 4.47 Å². The van der Waals surface area contributed by atoms with Gasteiger partial charge in [0.15, 0.2) is 0 Å². The molecule has 5 nitrogen and oxygen atoms in total. The Morgan fingerprint density at radius 1 is 1.40 bits per heavy atom. The fraction of sp³-hybridized carbons (Fsp3) is 0. The zero-order valence-corrected chi connectivity index (χ0v) is 12.1. The van der Waals surface area contributed by atoms with Crippen LogP contribution in [0.3, 0.4) is 0 Å². The summed E-state index contributed by atoms with van der Waals surface area (Å²) in [6.45, 7) is 0. The SMILES string of the molecule is NC(=S)c1cn[nH]c1NC(=O)c1c(F)cc(Br)cc1F. The summed E-state index contributed by atoms with van der Waals surface area (Å²) in [6.07, 6.45) is 1.30. The number of hydrogen-bond donors (Lipinski definition) is 3. The van der Waals surface area contributed by atoms with E-state index in [1.807, 2.05) is 0 Å². The van der Waals surface area contributed by atoms with Gasteiger partial charge in [0.2, 0.25) is 0 Å². The number of nitrogens with two attached hydrogens (primary N) is 1. The van der Waals surface area contributed by atoms with E-state index in [1.165, 1.54) is 6.20 Å². The zero-order valence-electron chi connectivity index (χ0n) is 9.71. The quantitative estimate of drug-likeness (QED) is 0.733. The van der Waals surface area contributed by atoms with Crippen LogP contribution in [-0.2, 0) is 0 Å². The van der Waals surface area contributed by atoms with Crippen molar-refractivity contribution in [1.29, 1.82) is 0 Å². The van der Waals surface area contributed by atoms with Gasteiger partial charge in [0.05, 0.1) is 11.8 Å². The largest absolute Gasteiger partial charge is 0.389 e. The molecule has 4 N–H and O–H groups in total. The number of anilines is 1. The van der Waals surface area contributed by atoms with Crippen LogP contribution in [-0.4, -0.2) is 21.1 Å². The molecule has 0 spiro atoms. The third kappa shape index (κ3) is 2.83. The van der Waals surface area contributed by atoms with E-state index in [4.69, 9.17) is 18.0 Å². The minimum atomic E-state index is -0.995. The second kappa shape index (κ2) is 5.63. The molecule has 1 aromatic carbocycles. The molecule has 1 heterocycles. The van der Waals surface area contributed by atoms with Crippen molar-refractivity contribution >= 4 is 44.9 Å². The van der Waals surface area contributed by atoms with Gasteiger partial charge in [0.25, 0.3) is 5.91 Å². The van der Waals surface area contributed by atoms with E-state index in [0.717, 1.165) is 12.1 Å². The standard InChI is InChI=1S/C11H7BrF2N4OS/c12-4-1-6(13)8(7(14)2-4)11(19)17-10-5(9(15)20)3-16-18-10/h1-3H,(H2,15,20)(H2,16,17,18,19). The van der Waals surface area contributed by atoms with E-state index in [1.54, 1.807) is 0 Å². The highest BCUT2D eigenvalue weighted by Gasteiger charge is 2.20. The molecule has 0 atom stereocenters. The molecule has 0 unspecified atom stereocenters. The van der Waals surface area contributed by atoms with E-state index >= 15 is 0 Å². The van der Waals surface area contributed by atoms with Crippen molar-refractivity contribution < 1.29 is 13.6 Å². The van der Waals surface area contributed by atoms with Crippen LogP contribution < -0.4 is 11.1 Å². The van der Waals surface area contributed by atoms with E-state index < -0.39 is 23.1 Å². The zero-order chi connectivity index (χ0) is 14.9. The number of aromatic nitrogens is 2. The van der Waals surface area contributed by atoms with Crippen LogP contribution in [0.25, 0.3) is 0 Å². The van der Waals surface area contributed by atoms with Crippen LogP contribution in [0.1, 0.15) is 15.9 Å². The molecule has 20 heavy (non-hydrogen) atoms. The highest BCUT2D eigenvalue weighted by atomic mass is 79.9. The van der Waals surface area contributed by atoms with Crippen LogP contribution in [0.4, 0.5) is 14.6 Å². The van der Waals surface area contributed by atoms with Gasteiger partial charge >= 0.3 is 0 Å². The Balaban J connectivity index is 2.34. The van der Waals surface area contributed by atoms with Crippen LogP contribution in [0.2, 0.25) is 0 Å². The average molecular weight is 361 g/mol. The molecular formula is C11H7BrF2N4OS. The lowest BCUT2D eigenvalue weighted by Crippen LogP contribution is -2.19. The topological polar surface area (TPSA) is 83.8 Å². The molecule has 1 aromatic heterocycles. The minimum absolute atomic E-state index is 0.00852. The molecule has 0 saturated heterocycles. The number of H-pyrrole nitrogens is 1. The van der Waals surface area contributed by atoms with Crippen molar-refractivity contribution in [1.82, 2.24) is 10.2 Å². The number of nitrogens with zero attached hydrogens (tertiary/aromatic N) is 1. The predicted molar refractivity (Wildman–Crippen MR) is 76.5 cm³/mol. The number of thiocarbonyl (C=S) groups is 1. The normalized spacial score (nSPS) is 10.3. The lowest BCUT2D eigenvalue weighted by Gasteiger charge is -2.07. The number of halogens is 3. The number of rotatable bonds is 3. The summed E-state index contributed by atoms with van der Waals surface area (Å²) in [6, 6.07) is 1.97. The summed E-state index contributed by atoms with van der Waals surface area (Å²) in [5.41, 5.74) is 4.98. The van der Waals surface area contributed by atoms with Gasteiger partial charge in [0.1, 0.15) is 28.0 Å². The number of carbonyl (C=O) groups is 1. The van der Waals surface area contributed by atoms with Gasteiger partial charge in [-0.15, -0.1) is 0 Å². The molecule has 0 aliphatic heterocycles. The molecule has 1 amide bonds. The summed E-state index contributed by atoms with van der Waals surface area (Å²) < 4.78 is 27.5. The maximum Gasteiger partial charge on any atom is 0.262 e. The number of aromatic amines is 1. The van der Waals surface area contributed by atoms with Gasteiger partial charge in [-0.2, -0.15) is 5.10 Å². The fourth-order valence-electron chi connectivity index (χ4n) is 1.50. The highest BCUT2D eigenvalue weighted by molar-refractivity contribution is 9.10. The Hall–Kier alpha value is -1.87. The molecule has 0 aliphatic rings. The number of benzene rings is 1. The molecule has 9 heteroatoms. The van der Waals surface area contributed by atoms with Crippen LogP contribution in [0, 0.1) is 11.6 Å². The molecule has 0 bridgehead atoms. The van der Waals surface area contributed by atoms with Crippen molar-refractivity contribution in [3.05, 3.63) is 45.6 Å². The summed E-state index contributed by atoms with van der Waals surface area (Å²) >= 11 is 7.68. The lowest BCUT2D eigenvalue weighted by molar-refractivity contribution is 0.101. The average Bonchev–Trinajstić information content (AvgIpc) is 2.75. The Labute approximate surface area is 125 Å². The smallest absolute Gasteiger partial charge is 0.262 e. The van der Waals surface area contributed by atoms with Crippen molar-refractivity contribution in [3.8, 4) is 0 Å². The molecular weight excluding hydrogens is 354 g/mol. The Kier molecular flexibility index (Phi) is 4.09. The molecule has 0 radical (unpaired) electrons. The number of amides is 1. The summed E-state index contributed by atoms with van der Waals surface area (Å²) in [5.74, 6) is -2.89. The Morgan fingerprint density at radius 3 is 2.55 bits per heavy atom. The van der Waals surface area contributed by atoms with Gasteiger partial charge in [-0.3, -0.25) is 9.89 Å². The van der Waals surface area contributed by atoms with Gasteiger partial charge in [-0.1, -0.05) is 28.1 Å². The molecule has 2 aromatic rings. The van der Waals surface area contributed by atoms with Crippen molar-refractivity contribution in [2.75, 3.05) is 5.32 Å². The van der Waals surface area contributed by atoms with Gasteiger partial charge in [-0.25, -0.2) is 8.78 Å². The van der Waals surface area contributed by atoms with Crippen LogP contribution in [0.15, 0.2) is 22.8 Å². The number of carbonyl (C=O) groups excluding carboxylic acids is 1. The van der Waals surface area contributed by atoms with Crippen molar-refractivity contribution in [2.24, 2.45) is 5.73 Å². The van der Waals surface area contributed by atoms with Gasteiger partial charge in [-0.05, 0) is 12.1 Å². The van der Waals surface area contributed by atoms with E-state index in [9.17, 15) is 13.6 Å². The highest BCUT2D eigenvalue weighted by Crippen LogP contribution is 2.21. The first-order chi connectivity index (χ1) is 9.40. The Morgan fingerprint density at radius 2 is 2.00 bits per heavy atom. The van der Waals surface area contributed by atoms with Gasteiger partial charge < -0.3 is 11.1 Å². The van der Waals surface area contributed by atoms with Crippen LogP contribution >= 0.6 is 28.1 Å². The summed E-state index contributed by atoms with van der Waals surface area (Å²) in [7, 11) is 0. The van der Waals surface area contributed by atoms with E-state index in [-0.39, 0.29) is 20.8 Å². The minimum Gasteiger partial charge on any atom is -0.389 e. The van der Waals surface area contributed by atoms with Crippen LogP contribution in [0.5, 0.6) is 0 Å². The second-order valence-corrected chi connectivity index (χ2v) is 5.08. The Bertz CT molecular complexity index is 680. The summed E-state index contributed by atoms with van der Waals surface area (Å²) in [4.78, 5) is 11.9. The maximum absolute atomic E-state index is 13.6. The third-order valence-corrected chi connectivity index (χ3v) is 3.06. The molecule has 2 rings (SSSR count). The fourth-order valence-corrected chi connectivity index (χ4v) is 2.06. The molecule has 104 valence electrons. The lowest BCUT2D eigenvalue weighted by atomic mass is 10.2. The first kappa shape index (κ1) is 14.5. The summed E-state index contributed by atoms with van der Waals surface area (Å²) in [5, 5.41) is 8.35. The van der Waals surface area contributed by atoms with Crippen molar-refractivity contribution in [2.45, 2.75) is 0 Å². The monoisotopic (exact) mass is 360 g/mol. The van der Waals surface area contributed by atoms with Crippen molar-refractivity contribution in [3.63, 3.8) is 0 Å². The second-order valence-electron chi connectivity index (χ2n) is 3.72. The first-order valence-electron chi connectivity index (χ1n) is 5.19. The first-order valence-corrected chi connectivity index (χ1v) is 6.39. The number of hydrogen-bond acceptors (Lipinski definition) is 3. The maximum atomic E-state index is 13.6. The molecule has 0 fully saturated rings. The molecule has 0 aliphatic carbocycles.